The van der Waals surface area contributed by atoms with E-state index < -0.39 is 11.9 Å². The molecule has 13 rings (SSSR count). The number of phenols is 2. The van der Waals surface area contributed by atoms with Crippen molar-refractivity contribution < 1.29 is 85.9 Å². The van der Waals surface area contributed by atoms with Crippen LogP contribution in [0.5, 0.6) is 40.2 Å². The number of esters is 2. The van der Waals surface area contributed by atoms with E-state index in [0.717, 1.165) is 162 Å². The van der Waals surface area contributed by atoms with E-state index in [-0.39, 0.29) is 93.6 Å². The number of benzene rings is 10. The van der Waals surface area contributed by atoms with Crippen molar-refractivity contribution in [3.63, 3.8) is 0 Å². The molecule has 4 atom stereocenters. The average molecular weight is 1870 g/mol. The van der Waals surface area contributed by atoms with E-state index in [2.05, 4.69) is 137 Å². The number of carbonyl (C=O) groups excluding carboxylic acids is 2. The highest BCUT2D eigenvalue weighted by Crippen LogP contribution is 2.52. The topological polar surface area (TPSA) is 214 Å². The van der Waals surface area contributed by atoms with Crippen molar-refractivity contribution in [3.05, 3.63) is 298 Å². The first-order valence-corrected chi connectivity index (χ1v) is 47.1. The summed E-state index contributed by atoms with van der Waals surface area (Å²) in [5.41, 5.74) is 18.3. The quantitative estimate of drug-likeness (QED) is 0.0212. The minimum absolute atomic E-state index is 0.0175. The molecule has 15 nitrogen and oxygen atoms in total. The monoisotopic (exact) mass is 1860 g/mol. The molecule has 132 heavy (non-hydrogen) atoms. The van der Waals surface area contributed by atoms with Gasteiger partial charge in [-0.3, -0.25) is 19.2 Å². The van der Waals surface area contributed by atoms with Crippen LogP contribution in [0.3, 0.4) is 0 Å². The predicted octanol–water partition coefficient (Wildman–Crippen LogP) is 29.6. The van der Waals surface area contributed by atoms with Gasteiger partial charge in [0, 0.05) is 22.0 Å². The van der Waals surface area contributed by atoms with Crippen LogP contribution >= 0.6 is 15.9 Å². The molecule has 0 amide bonds. The van der Waals surface area contributed by atoms with Crippen molar-refractivity contribution >= 4 is 56.5 Å². The lowest BCUT2D eigenvalue weighted by Crippen LogP contribution is -2.10. The Kier molecular flexibility index (Phi) is 39.5. The Hall–Kier alpha value is -11.8. The Morgan fingerprint density at radius 3 is 0.917 bits per heavy atom. The Morgan fingerprint density at radius 2 is 0.644 bits per heavy atom. The SMILES string of the molecule is CCC[C@@H](CC(=O)O)c1cccc(OCc2ccc(-c3cc(OC)ccc3F)c(C3=CCCC3(C)C)c2)c1.CCC[C@@H](CC(=O)OC)c1cccc(O)c1.CCC[C@H](CC(=O)O)c1cccc(OCc2ccc(-c3cc(OC)ccc3F)c(C3=CCCC3(C)C)c2)c1.CCC[C@H](CC(=O)OC)c1cccc(O)c1.COc1ccc(F)c(-c2ccc(CBr)cc2C2=CCCC2(C)C)c1. The van der Waals surface area contributed by atoms with Gasteiger partial charge in [0.2, 0.25) is 0 Å². The van der Waals surface area contributed by atoms with Crippen LogP contribution in [0.4, 0.5) is 13.2 Å². The molecular weight excluding hydrogens is 1730 g/mol. The molecule has 4 N–H and O–H groups in total. The van der Waals surface area contributed by atoms with Crippen LogP contribution < -0.4 is 23.7 Å². The van der Waals surface area contributed by atoms with Crippen LogP contribution in [0.25, 0.3) is 50.1 Å². The van der Waals surface area contributed by atoms with Gasteiger partial charge in [-0.15, -0.1) is 0 Å². The van der Waals surface area contributed by atoms with Gasteiger partial charge in [-0.05, 0) is 308 Å². The maximum absolute atomic E-state index is 15.0. The minimum atomic E-state index is -0.793. The summed E-state index contributed by atoms with van der Waals surface area (Å²) in [6.45, 7) is 22.4. The molecule has 0 saturated carbocycles. The fourth-order valence-corrected chi connectivity index (χ4v) is 18.2. The second-order valence-corrected chi connectivity index (χ2v) is 36.6. The van der Waals surface area contributed by atoms with E-state index in [0.29, 0.717) is 71.5 Å². The number of hydrogen-bond acceptors (Lipinski definition) is 13. The summed E-state index contributed by atoms with van der Waals surface area (Å²) in [6, 6.07) is 62.6. The minimum Gasteiger partial charge on any atom is -0.508 e. The molecule has 0 radical (unpaired) electrons. The molecule has 0 aromatic heterocycles. The van der Waals surface area contributed by atoms with Crippen molar-refractivity contribution in [3.8, 4) is 73.6 Å². The standard InChI is InChI=1S/2C33H37FO4.C21H22BrFO.2C13H18O3/c2*1-5-8-23(19-32(35)36)24-9-6-10-26(18-24)38-21-22-12-14-27(29-20-25(37-4)13-15-31(29)34)28(17-22)30-11-7-16-33(30,2)3;1-21(2)10-4-5-19(21)17-11-14(13-22)6-8-16(17)18-12-15(24-3)7-9-20(18)23;2*1-3-5-10(9-13(15)16-2)11-6-4-7-12(14)8-11/h2*6,9-15,17-18,20,23H,5,7-8,16,19,21H2,1-4H3,(H,35,36);5-9,11-12H,4,10,13H2,1-3H3;2*4,6-8,10,14H,3,5,9H2,1-2H3/t2*23-;;2*10-/m10.10/s1. The van der Waals surface area contributed by atoms with Gasteiger partial charge in [-0.1, -0.05) is 220 Å². The Labute approximate surface area is 787 Å². The zero-order chi connectivity index (χ0) is 95.8. The summed E-state index contributed by atoms with van der Waals surface area (Å²) in [4.78, 5) is 45.3. The van der Waals surface area contributed by atoms with Gasteiger partial charge < -0.3 is 53.6 Å². The fourth-order valence-electron chi connectivity index (χ4n) is 17.8. The first kappa shape index (κ1) is 104. The molecule has 19 heteroatoms. The number of ether oxygens (including phenoxy) is 7. The molecule has 3 aliphatic carbocycles. The van der Waals surface area contributed by atoms with Crippen molar-refractivity contribution in [2.75, 3.05) is 35.5 Å². The lowest BCUT2D eigenvalue weighted by molar-refractivity contribution is -0.142. The summed E-state index contributed by atoms with van der Waals surface area (Å²) in [7, 11) is 7.57. The number of carboxylic acid groups (broad SMARTS) is 2. The first-order valence-electron chi connectivity index (χ1n) is 45.9. The molecule has 10 aromatic carbocycles. The van der Waals surface area contributed by atoms with Crippen LogP contribution in [0, 0.1) is 33.7 Å². The van der Waals surface area contributed by atoms with Gasteiger partial charge in [0.1, 0.15) is 70.9 Å². The Morgan fingerprint density at radius 1 is 0.348 bits per heavy atom. The van der Waals surface area contributed by atoms with Crippen molar-refractivity contribution in [1.29, 1.82) is 0 Å². The maximum Gasteiger partial charge on any atom is 0.306 e. The highest BCUT2D eigenvalue weighted by atomic mass is 79.9. The summed E-state index contributed by atoms with van der Waals surface area (Å²) in [6.07, 6.45) is 21.3. The number of phenolic OH excluding ortho intramolecular Hbond substituents is 2. The molecule has 0 unspecified atom stereocenters. The summed E-state index contributed by atoms with van der Waals surface area (Å²) in [5.74, 6) is 1.18. The average Bonchev–Trinajstić information content (AvgIpc) is 1.53. The molecule has 702 valence electrons. The number of aromatic hydroxyl groups is 2. The van der Waals surface area contributed by atoms with Crippen molar-refractivity contribution in [2.45, 2.75) is 227 Å². The molecule has 0 fully saturated rings. The second kappa shape index (κ2) is 50.1. The third-order valence-corrected chi connectivity index (χ3v) is 25.7. The summed E-state index contributed by atoms with van der Waals surface area (Å²) < 4.78 is 82.4. The van der Waals surface area contributed by atoms with Gasteiger partial charge in [0.25, 0.3) is 0 Å². The fraction of sp³-hybridized carbons (Fsp3) is 0.381. The number of alkyl halides is 1. The summed E-state index contributed by atoms with van der Waals surface area (Å²) in [5, 5.41) is 38.3. The number of hydrogen-bond donors (Lipinski definition) is 4. The van der Waals surface area contributed by atoms with E-state index in [1.54, 1.807) is 94.1 Å². The number of methoxy groups -OCH3 is 5. The number of halogens is 4. The second-order valence-electron chi connectivity index (χ2n) is 36.0. The molecule has 0 saturated heterocycles. The summed E-state index contributed by atoms with van der Waals surface area (Å²) >= 11 is 3.53. The number of aliphatic carboxylic acids is 2. The van der Waals surface area contributed by atoms with Gasteiger partial charge in [0.15, 0.2) is 0 Å². The third kappa shape index (κ3) is 29.3. The van der Waals surface area contributed by atoms with Crippen molar-refractivity contribution in [2.24, 2.45) is 16.2 Å². The van der Waals surface area contributed by atoms with E-state index >= 15 is 8.78 Å². The largest absolute Gasteiger partial charge is 0.508 e. The smallest absolute Gasteiger partial charge is 0.306 e. The molecule has 0 bridgehead atoms. The Balaban J connectivity index is 0.000000194. The van der Waals surface area contributed by atoms with E-state index in [9.17, 15) is 44.0 Å². The number of rotatable bonds is 36. The van der Waals surface area contributed by atoms with Crippen LogP contribution in [-0.2, 0) is 47.2 Å². The number of allylic oxidation sites excluding steroid dienone is 6. The third-order valence-electron chi connectivity index (χ3n) is 25.0. The van der Waals surface area contributed by atoms with Crippen LogP contribution in [-0.4, -0.2) is 79.9 Å². The van der Waals surface area contributed by atoms with Crippen molar-refractivity contribution in [1.82, 2.24) is 0 Å². The molecule has 10 aromatic rings. The zero-order valence-corrected chi connectivity index (χ0v) is 80.9. The zero-order valence-electron chi connectivity index (χ0n) is 79.3. The molecule has 0 aliphatic heterocycles. The predicted molar refractivity (Wildman–Crippen MR) is 527 cm³/mol. The Bertz CT molecular complexity index is 5350. The molecular formula is C113H132BrF3O15. The highest BCUT2D eigenvalue weighted by molar-refractivity contribution is 9.08. The van der Waals surface area contributed by atoms with Gasteiger partial charge in [-0.25, -0.2) is 13.2 Å². The van der Waals surface area contributed by atoms with E-state index in [1.807, 2.05) is 91.0 Å². The van der Waals surface area contributed by atoms with Gasteiger partial charge in [0.05, 0.1) is 61.2 Å². The molecule has 0 spiro atoms. The van der Waals surface area contributed by atoms with E-state index in [4.69, 9.17) is 23.7 Å². The molecule has 0 heterocycles. The van der Waals surface area contributed by atoms with Crippen LogP contribution in [0.2, 0.25) is 0 Å². The normalized spacial score (nSPS) is 14.6. The van der Waals surface area contributed by atoms with Gasteiger partial charge >= 0.3 is 23.9 Å². The van der Waals surface area contributed by atoms with Crippen LogP contribution in [0.15, 0.2) is 224 Å². The van der Waals surface area contributed by atoms with E-state index in [1.165, 1.54) is 54.7 Å². The van der Waals surface area contributed by atoms with Crippen LogP contribution in [0.1, 0.15) is 264 Å². The highest BCUT2D eigenvalue weighted by Gasteiger charge is 2.35. The maximum atomic E-state index is 15.0. The van der Waals surface area contributed by atoms with Gasteiger partial charge in [-0.2, -0.15) is 0 Å². The number of carboxylic acids is 2. The lowest BCUT2D eigenvalue weighted by Gasteiger charge is -2.25. The number of carbonyl (C=O) groups is 4. The first-order chi connectivity index (χ1) is 63.2. The lowest BCUT2D eigenvalue weighted by atomic mass is 9.79. The molecule has 3 aliphatic rings.